The molecule has 1 atom stereocenters. The van der Waals surface area contributed by atoms with Crippen LogP contribution in [-0.4, -0.2) is 0 Å². The van der Waals surface area contributed by atoms with Crippen LogP contribution in [0, 0.1) is 5.82 Å². The standard InChI is InChI=1S/C11H13BrFN.ClH/c1-2-3-4-11(14)8-5-6-10(13)9(12)7-8;/h2,5-7,11H,1,3-4,14H2;1H/t11-;/m0./s1. The zero-order chi connectivity index (χ0) is 10.6. The number of hydrogen-bond donors (Lipinski definition) is 1. The zero-order valence-electron chi connectivity index (χ0n) is 8.25. The molecule has 2 N–H and O–H groups in total. The minimum absolute atomic E-state index is 0. The third kappa shape index (κ3) is 4.33. The van der Waals surface area contributed by atoms with Gasteiger partial charge >= 0.3 is 0 Å². The van der Waals surface area contributed by atoms with Crippen LogP contribution in [0.3, 0.4) is 0 Å². The summed E-state index contributed by atoms with van der Waals surface area (Å²) >= 11 is 3.13. The van der Waals surface area contributed by atoms with E-state index in [9.17, 15) is 4.39 Å². The van der Waals surface area contributed by atoms with Crippen molar-refractivity contribution in [1.82, 2.24) is 0 Å². The maximum Gasteiger partial charge on any atom is 0.137 e. The summed E-state index contributed by atoms with van der Waals surface area (Å²) in [6, 6.07) is 4.81. The van der Waals surface area contributed by atoms with Gasteiger partial charge in [0.05, 0.1) is 4.47 Å². The monoisotopic (exact) mass is 293 g/mol. The Morgan fingerprint density at radius 2 is 2.20 bits per heavy atom. The smallest absolute Gasteiger partial charge is 0.137 e. The van der Waals surface area contributed by atoms with Gasteiger partial charge in [-0.05, 0) is 46.5 Å². The molecule has 1 aromatic carbocycles. The molecular formula is C11H14BrClFN. The van der Waals surface area contributed by atoms with E-state index in [0.29, 0.717) is 4.47 Å². The predicted octanol–water partition coefficient (Wildman–Crippen LogP) is 3.98. The third-order valence-electron chi connectivity index (χ3n) is 2.05. The van der Waals surface area contributed by atoms with Gasteiger partial charge in [-0.1, -0.05) is 12.1 Å². The Kier molecular flexibility index (Phi) is 6.81. The molecule has 0 radical (unpaired) electrons. The highest BCUT2D eigenvalue weighted by molar-refractivity contribution is 9.10. The van der Waals surface area contributed by atoms with Crippen molar-refractivity contribution < 1.29 is 4.39 Å². The normalized spacial score (nSPS) is 11.7. The van der Waals surface area contributed by atoms with Crippen molar-refractivity contribution in [2.24, 2.45) is 5.73 Å². The molecule has 0 heterocycles. The lowest BCUT2D eigenvalue weighted by molar-refractivity contribution is 0.614. The van der Waals surface area contributed by atoms with Gasteiger partial charge in [0.1, 0.15) is 5.82 Å². The highest BCUT2D eigenvalue weighted by atomic mass is 79.9. The topological polar surface area (TPSA) is 26.0 Å². The molecule has 0 bridgehead atoms. The Labute approximate surface area is 104 Å². The van der Waals surface area contributed by atoms with Crippen LogP contribution >= 0.6 is 28.3 Å². The minimum atomic E-state index is -0.260. The molecule has 0 aromatic heterocycles. The second kappa shape index (κ2) is 6.99. The second-order valence-corrected chi connectivity index (χ2v) is 4.00. The predicted molar refractivity (Wildman–Crippen MR) is 67.7 cm³/mol. The SMILES string of the molecule is C=CCC[C@H](N)c1ccc(F)c(Br)c1.Cl. The highest BCUT2D eigenvalue weighted by Gasteiger charge is 2.07. The first-order valence-corrected chi connectivity index (χ1v) is 5.26. The molecule has 0 unspecified atom stereocenters. The molecule has 15 heavy (non-hydrogen) atoms. The number of rotatable bonds is 4. The molecule has 0 saturated carbocycles. The van der Waals surface area contributed by atoms with Crippen LogP contribution in [-0.2, 0) is 0 Å². The fraction of sp³-hybridized carbons (Fsp3) is 0.273. The van der Waals surface area contributed by atoms with Crippen molar-refractivity contribution >= 4 is 28.3 Å². The van der Waals surface area contributed by atoms with E-state index in [2.05, 4.69) is 22.5 Å². The third-order valence-corrected chi connectivity index (χ3v) is 2.66. The highest BCUT2D eigenvalue weighted by Crippen LogP contribution is 2.22. The summed E-state index contributed by atoms with van der Waals surface area (Å²) in [5.41, 5.74) is 6.85. The molecule has 0 aliphatic carbocycles. The van der Waals surface area contributed by atoms with E-state index in [1.54, 1.807) is 12.1 Å². The van der Waals surface area contributed by atoms with Crippen LogP contribution < -0.4 is 5.73 Å². The number of benzene rings is 1. The van der Waals surface area contributed by atoms with Gasteiger partial charge in [0.15, 0.2) is 0 Å². The summed E-state index contributed by atoms with van der Waals surface area (Å²) in [6.45, 7) is 3.63. The van der Waals surface area contributed by atoms with E-state index in [0.717, 1.165) is 18.4 Å². The number of halogens is 3. The average molecular weight is 295 g/mol. The first kappa shape index (κ1) is 14.6. The van der Waals surface area contributed by atoms with Gasteiger partial charge in [-0.3, -0.25) is 0 Å². The first-order valence-electron chi connectivity index (χ1n) is 4.46. The van der Waals surface area contributed by atoms with Crippen LogP contribution in [0.5, 0.6) is 0 Å². The van der Waals surface area contributed by atoms with Crippen LogP contribution in [0.4, 0.5) is 4.39 Å². The Hall–Kier alpha value is -0.380. The zero-order valence-corrected chi connectivity index (χ0v) is 10.7. The summed E-state index contributed by atoms with van der Waals surface area (Å²) in [7, 11) is 0. The number of allylic oxidation sites excluding steroid dienone is 1. The van der Waals surface area contributed by atoms with E-state index in [1.165, 1.54) is 6.07 Å². The Morgan fingerprint density at radius 1 is 1.53 bits per heavy atom. The molecular weight excluding hydrogens is 280 g/mol. The maximum atomic E-state index is 12.9. The summed E-state index contributed by atoms with van der Waals surface area (Å²) in [5.74, 6) is -0.260. The van der Waals surface area contributed by atoms with Gasteiger partial charge in [0.25, 0.3) is 0 Å². The molecule has 0 spiro atoms. The summed E-state index contributed by atoms with van der Waals surface area (Å²) in [4.78, 5) is 0. The molecule has 1 nitrogen and oxygen atoms in total. The van der Waals surface area contributed by atoms with Gasteiger partial charge in [-0.25, -0.2) is 4.39 Å². The van der Waals surface area contributed by atoms with Crippen LogP contribution in [0.2, 0.25) is 0 Å². The molecule has 0 aliphatic rings. The fourth-order valence-corrected chi connectivity index (χ4v) is 1.60. The van der Waals surface area contributed by atoms with Gasteiger partial charge in [-0.15, -0.1) is 19.0 Å². The lowest BCUT2D eigenvalue weighted by Crippen LogP contribution is -2.09. The van der Waals surface area contributed by atoms with Crippen molar-refractivity contribution in [2.45, 2.75) is 18.9 Å². The van der Waals surface area contributed by atoms with E-state index < -0.39 is 0 Å². The van der Waals surface area contributed by atoms with Gasteiger partial charge < -0.3 is 5.73 Å². The van der Waals surface area contributed by atoms with E-state index >= 15 is 0 Å². The first-order chi connectivity index (χ1) is 6.65. The fourth-order valence-electron chi connectivity index (χ4n) is 1.21. The molecule has 84 valence electrons. The van der Waals surface area contributed by atoms with Crippen molar-refractivity contribution in [1.29, 1.82) is 0 Å². The van der Waals surface area contributed by atoms with Crippen molar-refractivity contribution in [3.05, 3.63) is 46.7 Å². The van der Waals surface area contributed by atoms with Crippen LogP contribution in [0.25, 0.3) is 0 Å². The number of hydrogen-bond acceptors (Lipinski definition) is 1. The Balaban J connectivity index is 0.00000196. The average Bonchev–Trinajstić information content (AvgIpc) is 2.18. The second-order valence-electron chi connectivity index (χ2n) is 3.15. The lowest BCUT2D eigenvalue weighted by Gasteiger charge is -2.11. The minimum Gasteiger partial charge on any atom is -0.324 e. The molecule has 0 aliphatic heterocycles. The Morgan fingerprint density at radius 3 is 2.73 bits per heavy atom. The maximum absolute atomic E-state index is 12.9. The van der Waals surface area contributed by atoms with Crippen molar-refractivity contribution in [3.63, 3.8) is 0 Å². The van der Waals surface area contributed by atoms with E-state index in [4.69, 9.17) is 5.73 Å². The number of nitrogens with two attached hydrogens (primary N) is 1. The van der Waals surface area contributed by atoms with E-state index in [1.807, 2.05) is 6.08 Å². The summed E-state index contributed by atoms with van der Waals surface area (Å²) in [6.07, 6.45) is 3.54. The summed E-state index contributed by atoms with van der Waals surface area (Å²) < 4.78 is 13.4. The van der Waals surface area contributed by atoms with Gasteiger partial charge in [-0.2, -0.15) is 0 Å². The van der Waals surface area contributed by atoms with E-state index in [-0.39, 0.29) is 24.3 Å². The largest absolute Gasteiger partial charge is 0.324 e. The van der Waals surface area contributed by atoms with Crippen LogP contribution in [0.15, 0.2) is 35.3 Å². The molecule has 4 heteroatoms. The van der Waals surface area contributed by atoms with Gasteiger partial charge in [0, 0.05) is 6.04 Å². The molecule has 1 rings (SSSR count). The van der Waals surface area contributed by atoms with Crippen molar-refractivity contribution in [2.75, 3.05) is 0 Å². The lowest BCUT2D eigenvalue weighted by atomic mass is 10.0. The molecule has 0 fully saturated rings. The molecule has 0 saturated heterocycles. The van der Waals surface area contributed by atoms with Gasteiger partial charge in [0.2, 0.25) is 0 Å². The molecule has 0 amide bonds. The summed E-state index contributed by atoms with van der Waals surface area (Å²) in [5, 5.41) is 0. The quantitative estimate of drug-likeness (QED) is 0.835. The Bertz CT molecular complexity index is 330. The van der Waals surface area contributed by atoms with Crippen molar-refractivity contribution in [3.8, 4) is 0 Å². The molecule has 1 aromatic rings. The van der Waals surface area contributed by atoms with Crippen LogP contribution in [0.1, 0.15) is 24.4 Å².